The number of ether oxygens (including phenoxy) is 2. The molecule has 0 radical (unpaired) electrons. The van der Waals surface area contributed by atoms with Crippen molar-refractivity contribution in [2.75, 3.05) is 0 Å². The Morgan fingerprint density at radius 2 is 1.79 bits per heavy atom. The molecule has 0 spiro atoms. The fourth-order valence-corrected chi connectivity index (χ4v) is 4.90. The molecule has 5 atom stereocenters. The summed E-state index contributed by atoms with van der Waals surface area (Å²) < 4.78 is 18.4. The number of hydrogen-bond donors (Lipinski definition) is 2. The van der Waals surface area contributed by atoms with Gasteiger partial charge in [-0.3, -0.25) is 0 Å². The van der Waals surface area contributed by atoms with Crippen LogP contribution in [-0.4, -0.2) is 55.5 Å². The molecular weight excluding hydrogens is 452 g/mol. The third-order valence-electron chi connectivity index (χ3n) is 6.37. The van der Waals surface area contributed by atoms with Crippen molar-refractivity contribution in [1.82, 2.24) is 5.32 Å². The first-order valence-corrected chi connectivity index (χ1v) is 14.6. The molecule has 10 heteroatoms. The Labute approximate surface area is 203 Å². The Bertz CT molecular complexity index is 862. The van der Waals surface area contributed by atoms with E-state index in [4.69, 9.17) is 19.4 Å². The largest absolute Gasteiger partial charge is 0.444 e. The van der Waals surface area contributed by atoms with E-state index in [1.807, 2.05) is 30.3 Å². The predicted molar refractivity (Wildman–Crippen MR) is 134 cm³/mol. The summed E-state index contributed by atoms with van der Waals surface area (Å²) in [7, 11) is -2.36. The number of nitrogens with one attached hydrogen (secondary N) is 1. The van der Waals surface area contributed by atoms with Crippen molar-refractivity contribution in [3.05, 3.63) is 46.3 Å². The number of rotatable bonds is 7. The number of alkyl carbamates (subject to hydrolysis) is 1. The minimum Gasteiger partial charge on any atom is -0.444 e. The lowest BCUT2D eigenvalue weighted by atomic mass is 9.84. The maximum absolute atomic E-state index is 12.7. The third-order valence-corrected chi connectivity index (χ3v) is 10.8. The molecule has 190 valence electrons. The molecule has 0 aromatic heterocycles. The summed E-state index contributed by atoms with van der Waals surface area (Å²) in [6.07, 6.45) is -2.97. The first kappa shape index (κ1) is 28.1. The van der Waals surface area contributed by atoms with Crippen molar-refractivity contribution in [2.24, 2.45) is 5.11 Å². The van der Waals surface area contributed by atoms with Gasteiger partial charge in [0.05, 0.1) is 30.9 Å². The monoisotopic (exact) mass is 492 g/mol. The van der Waals surface area contributed by atoms with Gasteiger partial charge in [-0.15, -0.1) is 0 Å². The second-order valence-corrected chi connectivity index (χ2v) is 16.1. The highest BCUT2D eigenvalue weighted by Gasteiger charge is 2.50. The fourth-order valence-electron chi connectivity index (χ4n) is 3.59. The molecule has 0 saturated heterocycles. The summed E-state index contributed by atoms with van der Waals surface area (Å²) in [6, 6.07) is 8.29. The summed E-state index contributed by atoms with van der Waals surface area (Å²) in [5.41, 5.74) is 9.37. The minimum atomic E-state index is -2.36. The van der Waals surface area contributed by atoms with Gasteiger partial charge in [0.1, 0.15) is 11.7 Å². The number of azide groups is 1. The van der Waals surface area contributed by atoms with Crippen molar-refractivity contribution < 1.29 is 23.8 Å². The SMILES string of the molecule is CC(C)(C)OC(=O)N[C@@H]1C[C@H](N=[N+]=[N-])[C@@H](O)[C@H](O[Si](C)(C)C(C)(C)C)[C@H]1OCc1ccccc1. The van der Waals surface area contributed by atoms with Crippen molar-refractivity contribution >= 4 is 14.4 Å². The van der Waals surface area contributed by atoms with E-state index in [2.05, 4.69) is 49.2 Å². The van der Waals surface area contributed by atoms with Gasteiger partial charge in [0, 0.05) is 4.91 Å². The predicted octanol–water partition coefficient (Wildman–Crippen LogP) is 5.30. The van der Waals surface area contributed by atoms with Gasteiger partial charge in [-0.1, -0.05) is 56.2 Å². The zero-order valence-corrected chi connectivity index (χ0v) is 22.6. The minimum absolute atomic E-state index is 0.129. The molecule has 0 unspecified atom stereocenters. The van der Waals surface area contributed by atoms with Crippen LogP contribution in [-0.2, 0) is 20.5 Å². The Hall–Kier alpha value is -2.10. The molecule has 2 N–H and O–H groups in total. The maximum Gasteiger partial charge on any atom is 0.407 e. The van der Waals surface area contributed by atoms with Gasteiger partial charge in [0.2, 0.25) is 0 Å². The van der Waals surface area contributed by atoms with Crippen LogP contribution in [0.5, 0.6) is 0 Å². The van der Waals surface area contributed by atoms with E-state index in [1.165, 1.54) is 0 Å². The van der Waals surface area contributed by atoms with E-state index < -0.39 is 50.4 Å². The van der Waals surface area contributed by atoms with E-state index in [9.17, 15) is 9.90 Å². The quantitative estimate of drug-likeness (QED) is 0.231. The van der Waals surface area contributed by atoms with Gasteiger partial charge in [-0.25, -0.2) is 4.79 Å². The Balaban J connectivity index is 2.41. The summed E-state index contributed by atoms with van der Waals surface area (Å²) >= 11 is 0. The maximum atomic E-state index is 12.7. The third kappa shape index (κ3) is 7.71. The lowest BCUT2D eigenvalue weighted by Gasteiger charge is -2.48. The molecule has 9 nitrogen and oxygen atoms in total. The average Bonchev–Trinajstić information content (AvgIpc) is 2.69. The van der Waals surface area contributed by atoms with Crippen LogP contribution in [0.3, 0.4) is 0 Å². The van der Waals surface area contributed by atoms with Crippen LogP contribution in [0.15, 0.2) is 35.4 Å². The number of carbonyl (C=O) groups excluding carboxylic acids is 1. The number of hydrogen-bond acceptors (Lipinski definition) is 6. The normalized spacial score (nSPS) is 25.9. The van der Waals surface area contributed by atoms with Gasteiger partial charge in [-0.2, -0.15) is 0 Å². The molecular formula is C24H40N4O5Si. The molecule has 0 heterocycles. The highest BCUT2D eigenvalue weighted by molar-refractivity contribution is 6.74. The van der Waals surface area contributed by atoms with Crippen molar-refractivity contribution in [3.63, 3.8) is 0 Å². The first-order valence-electron chi connectivity index (χ1n) is 11.7. The fraction of sp³-hybridized carbons (Fsp3) is 0.708. The molecule has 1 saturated carbocycles. The van der Waals surface area contributed by atoms with Crippen LogP contribution in [0, 0.1) is 0 Å². The number of nitrogens with zero attached hydrogens (tertiary/aromatic N) is 3. The summed E-state index contributed by atoms with van der Waals surface area (Å²) in [4.78, 5) is 15.6. The molecule has 0 aliphatic heterocycles. The second-order valence-electron chi connectivity index (χ2n) is 11.4. The standard InChI is InChI=1S/C24H40N4O5Si/c1-23(2,3)32-22(30)26-18-14-17(27-28-25)19(29)21(33-34(7,8)24(4,5)6)20(18)31-15-16-12-10-9-11-13-16/h9-13,17-21,29H,14-15H2,1-8H3,(H,26,30)/t17-,18+,19+,20-,21-/m0/s1. The second kappa shape index (κ2) is 11.1. The van der Waals surface area contributed by atoms with E-state index in [0.29, 0.717) is 0 Å². The smallest absolute Gasteiger partial charge is 0.407 e. The van der Waals surface area contributed by atoms with E-state index in [0.717, 1.165) is 5.56 Å². The highest BCUT2D eigenvalue weighted by atomic mass is 28.4. The van der Waals surface area contributed by atoms with Gasteiger partial charge in [0.15, 0.2) is 8.32 Å². The summed E-state index contributed by atoms with van der Waals surface area (Å²) in [5.74, 6) is 0. The lowest BCUT2D eigenvalue weighted by Crippen LogP contribution is -2.64. The summed E-state index contributed by atoms with van der Waals surface area (Å²) in [5, 5.41) is 17.8. The van der Waals surface area contributed by atoms with Gasteiger partial charge in [-0.05, 0) is 56.4 Å². The molecule has 2 rings (SSSR count). The molecule has 1 aliphatic rings. The molecule has 1 aromatic rings. The number of amides is 1. The lowest BCUT2D eigenvalue weighted by molar-refractivity contribution is -0.130. The summed E-state index contributed by atoms with van der Waals surface area (Å²) in [6.45, 7) is 16.1. The van der Waals surface area contributed by atoms with Gasteiger partial charge >= 0.3 is 6.09 Å². The first-order chi connectivity index (χ1) is 15.6. The molecule has 1 fully saturated rings. The molecule has 1 aromatic carbocycles. The zero-order chi connectivity index (χ0) is 25.7. The van der Waals surface area contributed by atoms with Crippen LogP contribution < -0.4 is 5.32 Å². The van der Waals surface area contributed by atoms with Crippen molar-refractivity contribution in [2.45, 2.75) is 109 Å². The number of benzene rings is 1. The van der Waals surface area contributed by atoms with E-state index in [-0.39, 0.29) is 18.1 Å². The van der Waals surface area contributed by atoms with Gasteiger partial charge < -0.3 is 24.3 Å². The van der Waals surface area contributed by atoms with Crippen LogP contribution in [0.2, 0.25) is 18.1 Å². The Morgan fingerprint density at radius 1 is 1.18 bits per heavy atom. The number of aliphatic hydroxyl groups is 1. The van der Waals surface area contributed by atoms with Crippen molar-refractivity contribution in [1.29, 1.82) is 0 Å². The molecule has 34 heavy (non-hydrogen) atoms. The molecule has 1 amide bonds. The van der Waals surface area contributed by atoms with Gasteiger partial charge in [0.25, 0.3) is 0 Å². The molecule has 0 bridgehead atoms. The molecule has 1 aliphatic carbocycles. The van der Waals surface area contributed by atoms with Crippen LogP contribution in [0.25, 0.3) is 10.4 Å². The van der Waals surface area contributed by atoms with Crippen molar-refractivity contribution in [3.8, 4) is 0 Å². The number of aliphatic hydroxyl groups excluding tert-OH is 1. The zero-order valence-electron chi connectivity index (χ0n) is 21.6. The number of carbonyl (C=O) groups is 1. The highest BCUT2D eigenvalue weighted by Crippen LogP contribution is 2.40. The van der Waals surface area contributed by atoms with E-state index in [1.54, 1.807) is 20.8 Å². The van der Waals surface area contributed by atoms with Crippen LogP contribution in [0.4, 0.5) is 4.79 Å². The average molecular weight is 493 g/mol. The van der Waals surface area contributed by atoms with Crippen LogP contribution >= 0.6 is 0 Å². The Morgan fingerprint density at radius 3 is 2.32 bits per heavy atom. The topological polar surface area (TPSA) is 126 Å². The van der Waals surface area contributed by atoms with E-state index >= 15 is 0 Å². The van der Waals surface area contributed by atoms with Crippen LogP contribution in [0.1, 0.15) is 53.5 Å². The Kier molecular flexibility index (Phi) is 9.18.